The highest BCUT2D eigenvalue weighted by Crippen LogP contribution is 2.41. The fourth-order valence-corrected chi connectivity index (χ4v) is 5.21. The molecule has 0 amide bonds. The molecule has 2 aliphatic rings. The third kappa shape index (κ3) is 9.85. The summed E-state index contributed by atoms with van der Waals surface area (Å²) in [6, 6.07) is 17.0. The number of rotatable bonds is 8. The molecule has 2 aliphatic heterocycles. The second-order valence-electron chi connectivity index (χ2n) is 10.5. The number of benzene rings is 2. The fourth-order valence-electron chi connectivity index (χ4n) is 5.21. The van der Waals surface area contributed by atoms with Crippen LogP contribution in [0.4, 0.5) is 0 Å². The van der Waals surface area contributed by atoms with E-state index in [-0.39, 0.29) is 5.41 Å². The molecule has 1 atom stereocenters. The first-order chi connectivity index (χ1) is 17.8. The minimum atomic E-state index is 0.284. The summed E-state index contributed by atoms with van der Waals surface area (Å²) >= 11 is 0. The molecule has 1 fully saturated rings. The molecule has 2 aromatic rings. The standard InChI is InChI=1S/C25H37NO.C7H8.CH3NO/c1-5-7-8-9-22(6-2)25(3,4)23-13-16-26(19-23)15-12-20-10-11-24-21(18-20)14-17-27-24;1-7-5-3-2-4-6-7;1-2-3/h7-11,18,23H,5-6,12-17,19H2,1-4H3;2-6H,1H3;3H,1H2/b8-7-,22-9+;;. The Bertz CT molecular complexity index is 995. The Labute approximate surface area is 225 Å². The molecular weight excluding hydrogens is 456 g/mol. The molecule has 1 saturated heterocycles. The van der Waals surface area contributed by atoms with Crippen LogP contribution in [0.2, 0.25) is 0 Å². The third-order valence-electron chi connectivity index (χ3n) is 7.58. The van der Waals surface area contributed by atoms with Gasteiger partial charge in [0.2, 0.25) is 0 Å². The van der Waals surface area contributed by atoms with E-state index in [4.69, 9.17) is 9.94 Å². The normalized spacial score (nSPS) is 17.3. The lowest BCUT2D eigenvalue weighted by molar-refractivity contribution is 0.243. The molecule has 202 valence electrons. The number of likely N-dealkylation sites (tertiary alicyclic amines) is 1. The van der Waals surface area contributed by atoms with Crippen LogP contribution in [-0.2, 0) is 12.8 Å². The van der Waals surface area contributed by atoms with Crippen molar-refractivity contribution in [3.05, 3.63) is 89.0 Å². The Hall–Kier alpha value is -2.85. The lowest BCUT2D eigenvalue weighted by atomic mass is 9.71. The molecule has 4 heteroatoms. The molecule has 0 bridgehead atoms. The summed E-state index contributed by atoms with van der Waals surface area (Å²) in [5.41, 5.74) is 6.05. The first-order valence-electron chi connectivity index (χ1n) is 13.8. The number of nitrogens with zero attached hydrogens (tertiary/aromatic N) is 2. The summed E-state index contributed by atoms with van der Waals surface area (Å²) in [5.74, 6) is 1.85. The van der Waals surface area contributed by atoms with Crippen molar-refractivity contribution < 1.29 is 9.94 Å². The van der Waals surface area contributed by atoms with Gasteiger partial charge in [0.15, 0.2) is 0 Å². The van der Waals surface area contributed by atoms with Gasteiger partial charge >= 0.3 is 0 Å². The molecule has 2 aromatic carbocycles. The van der Waals surface area contributed by atoms with E-state index in [0.29, 0.717) is 0 Å². The predicted molar refractivity (Wildman–Crippen MR) is 158 cm³/mol. The number of allylic oxidation sites excluding steroid dienone is 4. The molecule has 0 aliphatic carbocycles. The molecule has 0 spiro atoms. The number of ether oxygens (including phenoxy) is 1. The van der Waals surface area contributed by atoms with Crippen molar-refractivity contribution in [2.75, 3.05) is 26.2 Å². The summed E-state index contributed by atoms with van der Waals surface area (Å²) in [6.45, 7) is 18.7. The van der Waals surface area contributed by atoms with E-state index < -0.39 is 0 Å². The number of fused-ring (bicyclic) bond motifs is 1. The summed E-state index contributed by atoms with van der Waals surface area (Å²) in [5, 5.41) is 9.33. The molecule has 37 heavy (non-hydrogen) atoms. The zero-order valence-corrected chi connectivity index (χ0v) is 23.7. The highest BCUT2D eigenvalue weighted by molar-refractivity contribution is 5.39. The van der Waals surface area contributed by atoms with Gasteiger partial charge in [-0.25, -0.2) is 0 Å². The van der Waals surface area contributed by atoms with Crippen LogP contribution >= 0.6 is 0 Å². The van der Waals surface area contributed by atoms with Gasteiger partial charge in [0, 0.05) is 26.2 Å². The molecule has 4 rings (SSSR count). The van der Waals surface area contributed by atoms with Gasteiger partial charge < -0.3 is 14.8 Å². The quantitative estimate of drug-likeness (QED) is 0.172. The third-order valence-corrected chi connectivity index (χ3v) is 7.58. The molecule has 4 nitrogen and oxygen atoms in total. The van der Waals surface area contributed by atoms with Crippen LogP contribution in [0.1, 0.15) is 63.6 Å². The van der Waals surface area contributed by atoms with Crippen molar-refractivity contribution in [2.24, 2.45) is 16.5 Å². The van der Waals surface area contributed by atoms with Gasteiger partial charge in [-0.1, -0.05) is 99.5 Å². The van der Waals surface area contributed by atoms with Gasteiger partial charge in [-0.3, -0.25) is 0 Å². The largest absolute Gasteiger partial charge is 0.493 e. The molecule has 1 N–H and O–H groups in total. The molecular formula is C33H48N2O2. The Balaban J connectivity index is 0.000000404. The van der Waals surface area contributed by atoms with E-state index in [1.165, 1.54) is 42.7 Å². The molecule has 0 saturated carbocycles. The second kappa shape index (κ2) is 16.1. The van der Waals surface area contributed by atoms with Crippen LogP contribution in [0.25, 0.3) is 0 Å². The average Bonchev–Trinajstić information content (AvgIpc) is 3.56. The molecule has 1 unspecified atom stereocenters. The lowest BCUT2D eigenvalue weighted by Crippen LogP contribution is -2.30. The SMILES string of the molecule is C=NO.CC/C=C\C=C(/CC)C(C)(C)C1CCN(CCc2ccc3c(c2)CCO3)C1.Cc1ccccc1. The Morgan fingerprint density at radius 1 is 1.19 bits per heavy atom. The fraction of sp³-hybridized carbons (Fsp3) is 0.485. The van der Waals surface area contributed by atoms with Gasteiger partial charge in [-0.15, -0.1) is 5.16 Å². The van der Waals surface area contributed by atoms with Crippen LogP contribution in [0.15, 0.2) is 77.5 Å². The van der Waals surface area contributed by atoms with Gasteiger partial charge in [0.25, 0.3) is 0 Å². The average molecular weight is 505 g/mol. The number of hydrogen-bond donors (Lipinski definition) is 1. The van der Waals surface area contributed by atoms with Gasteiger partial charge in [-0.05, 0) is 67.7 Å². The molecule has 0 aromatic heterocycles. The summed E-state index contributed by atoms with van der Waals surface area (Å²) in [7, 11) is 0. The number of hydrogen-bond acceptors (Lipinski definition) is 4. The van der Waals surface area contributed by atoms with Crippen LogP contribution < -0.4 is 4.74 Å². The van der Waals surface area contributed by atoms with E-state index in [1.54, 1.807) is 5.57 Å². The Morgan fingerprint density at radius 2 is 1.92 bits per heavy atom. The first kappa shape index (κ1) is 30.4. The number of aryl methyl sites for hydroxylation is 1. The maximum atomic E-state index is 7.08. The van der Waals surface area contributed by atoms with Crippen LogP contribution in [0.3, 0.4) is 0 Å². The van der Waals surface area contributed by atoms with Gasteiger partial charge in [0.05, 0.1) is 6.61 Å². The van der Waals surface area contributed by atoms with E-state index >= 15 is 0 Å². The zero-order chi connectivity index (χ0) is 27.1. The Kier molecular flexibility index (Phi) is 13.2. The minimum Gasteiger partial charge on any atom is -0.493 e. The minimum absolute atomic E-state index is 0.284. The van der Waals surface area contributed by atoms with Gasteiger partial charge in [0.1, 0.15) is 5.75 Å². The number of oxime groups is 1. The maximum absolute atomic E-state index is 7.08. The van der Waals surface area contributed by atoms with E-state index in [9.17, 15) is 0 Å². The van der Waals surface area contributed by atoms with Crippen molar-refractivity contribution in [1.82, 2.24) is 4.90 Å². The summed E-state index contributed by atoms with van der Waals surface area (Å²) < 4.78 is 5.63. The van der Waals surface area contributed by atoms with Crippen molar-refractivity contribution in [1.29, 1.82) is 0 Å². The van der Waals surface area contributed by atoms with Crippen molar-refractivity contribution in [3.8, 4) is 5.75 Å². The molecule has 0 radical (unpaired) electrons. The lowest BCUT2D eigenvalue weighted by Gasteiger charge is -2.34. The van der Waals surface area contributed by atoms with Crippen LogP contribution in [0, 0.1) is 18.3 Å². The first-order valence-corrected chi connectivity index (χ1v) is 13.8. The smallest absolute Gasteiger partial charge is 0.122 e. The van der Waals surface area contributed by atoms with Gasteiger partial charge in [-0.2, -0.15) is 0 Å². The summed E-state index contributed by atoms with van der Waals surface area (Å²) in [4.78, 5) is 2.67. The maximum Gasteiger partial charge on any atom is 0.122 e. The van der Waals surface area contributed by atoms with Crippen molar-refractivity contribution in [3.63, 3.8) is 0 Å². The molecule has 2 heterocycles. The van der Waals surface area contributed by atoms with Crippen LogP contribution in [0.5, 0.6) is 5.75 Å². The predicted octanol–water partition coefficient (Wildman–Crippen LogP) is 7.89. The van der Waals surface area contributed by atoms with E-state index in [2.05, 4.69) is 100.0 Å². The Morgan fingerprint density at radius 3 is 2.54 bits per heavy atom. The van der Waals surface area contributed by atoms with E-state index in [0.717, 1.165) is 44.0 Å². The zero-order valence-electron chi connectivity index (χ0n) is 23.7. The highest BCUT2D eigenvalue weighted by Gasteiger charge is 2.36. The highest BCUT2D eigenvalue weighted by atomic mass is 16.5. The monoisotopic (exact) mass is 504 g/mol. The second-order valence-corrected chi connectivity index (χ2v) is 10.5. The summed E-state index contributed by atoms with van der Waals surface area (Å²) in [6.07, 6.45) is 12.7. The van der Waals surface area contributed by atoms with E-state index in [1.807, 2.05) is 18.2 Å². The topological polar surface area (TPSA) is 45.1 Å². The van der Waals surface area contributed by atoms with Crippen LogP contribution in [-0.4, -0.2) is 43.1 Å². The van der Waals surface area contributed by atoms with Crippen molar-refractivity contribution in [2.45, 2.75) is 66.7 Å². The van der Waals surface area contributed by atoms with Crippen molar-refractivity contribution >= 4 is 6.72 Å².